The maximum absolute atomic E-state index is 6.36. The summed E-state index contributed by atoms with van der Waals surface area (Å²) < 4.78 is 0. The van der Waals surface area contributed by atoms with Crippen LogP contribution in [-0.2, 0) is 0 Å². The first-order chi connectivity index (χ1) is 10.3. The zero-order valence-corrected chi connectivity index (χ0v) is 13.1. The van der Waals surface area contributed by atoms with E-state index in [1.165, 1.54) is 12.0 Å². The van der Waals surface area contributed by atoms with E-state index in [-0.39, 0.29) is 6.04 Å². The number of aromatic nitrogens is 1. The zero-order valence-electron chi connectivity index (χ0n) is 12.3. The number of rotatable bonds is 6. The molecule has 0 amide bonds. The van der Waals surface area contributed by atoms with E-state index in [1.807, 2.05) is 18.3 Å². The van der Waals surface area contributed by atoms with Crippen LogP contribution in [-0.4, -0.2) is 11.5 Å². The molecule has 3 heteroatoms. The molecule has 110 valence electrons. The summed E-state index contributed by atoms with van der Waals surface area (Å²) in [4.78, 5) is 4.53. The molecule has 21 heavy (non-hydrogen) atoms. The maximum atomic E-state index is 6.36. The van der Waals surface area contributed by atoms with Crippen molar-refractivity contribution in [3.8, 4) is 0 Å². The fourth-order valence-corrected chi connectivity index (χ4v) is 3.28. The molecule has 1 heterocycles. The van der Waals surface area contributed by atoms with E-state index in [9.17, 15) is 0 Å². The Kier molecular flexibility index (Phi) is 4.57. The second kappa shape index (κ2) is 6.59. The molecule has 2 nitrogen and oxygen atoms in total. The minimum atomic E-state index is 0.254. The van der Waals surface area contributed by atoms with E-state index < -0.39 is 0 Å². The Morgan fingerprint density at radius 3 is 2.76 bits per heavy atom. The van der Waals surface area contributed by atoms with Crippen molar-refractivity contribution in [3.05, 3.63) is 64.9 Å². The van der Waals surface area contributed by atoms with Gasteiger partial charge in [0.25, 0.3) is 0 Å². The number of benzene rings is 1. The minimum absolute atomic E-state index is 0.254. The SMILES string of the molecule is CCCNC(c1ncccc1Cl)C1CC1c1ccccc1. The van der Waals surface area contributed by atoms with Crippen LogP contribution in [0.1, 0.15) is 43.0 Å². The molecule has 1 aromatic carbocycles. The number of halogens is 1. The molecule has 1 aliphatic rings. The van der Waals surface area contributed by atoms with Gasteiger partial charge in [0.15, 0.2) is 0 Å². The van der Waals surface area contributed by atoms with Crippen LogP contribution in [0.3, 0.4) is 0 Å². The Morgan fingerprint density at radius 1 is 1.24 bits per heavy atom. The fourth-order valence-electron chi connectivity index (χ4n) is 3.04. The first-order valence-corrected chi connectivity index (χ1v) is 8.07. The van der Waals surface area contributed by atoms with E-state index in [0.29, 0.717) is 11.8 Å². The smallest absolute Gasteiger partial charge is 0.0762 e. The molecule has 1 aromatic heterocycles. The van der Waals surface area contributed by atoms with Crippen LogP contribution in [0, 0.1) is 5.92 Å². The topological polar surface area (TPSA) is 24.9 Å². The first-order valence-electron chi connectivity index (χ1n) is 7.70. The summed E-state index contributed by atoms with van der Waals surface area (Å²) in [5, 5.41) is 4.41. The molecule has 3 unspecified atom stereocenters. The standard InChI is InChI=1S/C18H21ClN2/c1-2-10-20-17(18-16(19)9-6-11-21-18)15-12-14(15)13-7-4-3-5-8-13/h3-9,11,14-15,17,20H,2,10,12H2,1H3. The summed E-state index contributed by atoms with van der Waals surface area (Å²) in [6.45, 7) is 3.18. The minimum Gasteiger partial charge on any atom is -0.308 e. The Bertz CT molecular complexity index is 585. The van der Waals surface area contributed by atoms with Crippen molar-refractivity contribution in [2.75, 3.05) is 6.54 Å². The highest BCUT2D eigenvalue weighted by Gasteiger charge is 2.45. The Balaban J connectivity index is 1.80. The van der Waals surface area contributed by atoms with Crippen molar-refractivity contribution in [1.82, 2.24) is 10.3 Å². The summed E-state index contributed by atoms with van der Waals surface area (Å²) in [5.41, 5.74) is 2.42. The van der Waals surface area contributed by atoms with Crippen LogP contribution in [0.4, 0.5) is 0 Å². The molecule has 0 radical (unpaired) electrons. The molecule has 2 aromatic rings. The summed E-state index contributed by atoms with van der Waals surface area (Å²) >= 11 is 6.36. The van der Waals surface area contributed by atoms with E-state index in [4.69, 9.17) is 11.6 Å². The number of hydrogen-bond acceptors (Lipinski definition) is 2. The predicted octanol–water partition coefficient (Wildman–Crippen LogP) is 4.58. The third-order valence-corrected chi connectivity index (χ3v) is 4.51. The third-order valence-electron chi connectivity index (χ3n) is 4.19. The molecular formula is C18H21ClN2. The zero-order chi connectivity index (χ0) is 14.7. The quantitative estimate of drug-likeness (QED) is 0.844. The lowest BCUT2D eigenvalue weighted by Gasteiger charge is -2.19. The van der Waals surface area contributed by atoms with Gasteiger partial charge in [0.1, 0.15) is 0 Å². The second-order valence-electron chi connectivity index (χ2n) is 5.72. The van der Waals surface area contributed by atoms with Crippen molar-refractivity contribution in [2.45, 2.75) is 31.7 Å². The molecule has 0 spiro atoms. The maximum Gasteiger partial charge on any atom is 0.0762 e. The third kappa shape index (κ3) is 3.28. The first kappa shape index (κ1) is 14.6. The van der Waals surface area contributed by atoms with Crippen LogP contribution in [0.5, 0.6) is 0 Å². The summed E-state index contributed by atoms with van der Waals surface area (Å²) in [7, 11) is 0. The van der Waals surface area contributed by atoms with Gasteiger partial charge in [-0.05, 0) is 48.9 Å². The lowest BCUT2D eigenvalue weighted by atomic mass is 10.0. The van der Waals surface area contributed by atoms with Crippen LogP contribution in [0.25, 0.3) is 0 Å². The molecule has 3 rings (SSSR count). The van der Waals surface area contributed by atoms with E-state index in [0.717, 1.165) is 23.7 Å². The van der Waals surface area contributed by atoms with Gasteiger partial charge >= 0.3 is 0 Å². The van der Waals surface area contributed by atoms with Crippen molar-refractivity contribution in [1.29, 1.82) is 0 Å². The lowest BCUT2D eigenvalue weighted by Crippen LogP contribution is -2.25. The van der Waals surface area contributed by atoms with E-state index >= 15 is 0 Å². The number of pyridine rings is 1. The van der Waals surface area contributed by atoms with Crippen molar-refractivity contribution in [3.63, 3.8) is 0 Å². The average Bonchev–Trinajstić information content (AvgIpc) is 3.31. The molecule has 1 fully saturated rings. The molecule has 1 aliphatic carbocycles. The normalized spacial score (nSPS) is 22.0. The van der Waals surface area contributed by atoms with Gasteiger partial charge in [0.2, 0.25) is 0 Å². The van der Waals surface area contributed by atoms with Crippen molar-refractivity contribution >= 4 is 11.6 Å². The number of nitrogens with one attached hydrogen (secondary N) is 1. The van der Waals surface area contributed by atoms with Gasteiger partial charge in [0, 0.05) is 6.20 Å². The Hall–Kier alpha value is -1.38. The Labute approximate surface area is 131 Å². The van der Waals surface area contributed by atoms with Crippen molar-refractivity contribution in [2.24, 2.45) is 5.92 Å². The highest BCUT2D eigenvalue weighted by Crippen LogP contribution is 2.54. The van der Waals surface area contributed by atoms with E-state index in [1.54, 1.807) is 0 Å². The van der Waals surface area contributed by atoms with Gasteiger partial charge in [-0.2, -0.15) is 0 Å². The molecule has 1 saturated carbocycles. The second-order valence-corrected chi connectivity index (χ2v) is 6.13. The Morgan fingerprint density at radius 2 is 2.05 bits per heavy atom. The van der Waals surface area contributed by atoms with Gasteiger partial charge < -0.3 is 5.32 Å². The van der Waals surface area contributed by atoms with Gasteiger partial charge in [-0.25, -0.2) is 0 Å². The number of hydrogen-bond donors (Lipinski definition) is 1. The summed E-state index contributed by atoms with van der Waals surface area (Å²) in [6.07, 6.45) is 4.16. The molecule has 3 atom stereocenters. The molecule has 0 saturated heterocycles. The average molecular weight is 301 g/mol. The highest BCUT2D eigenvalue weighted by molar-refractivity contribution is 6.31. The lowest BCUT2D eigenvalue weighted by molar-refractivity contribution is 0.463. The fraction of sp³-hybridized carbons (Fsp3) is 0.389. The van der Waals surface area contributed by atoms with Crippen LogP contribution in [0.2, 0.25) is 5.02 Å². The van der Waals surface area contributed by atoms with Crippen LogP contribution in [0.15, 0.2) is 48.7 Å². The summed E-state index contributed by atoms with van der Waals surface area (Å²) in [6, 6.07) is 14.8. The van der Waals surface area contributed by atoms with Gasteiger partial charge in [-0.1, -0.05) is 48.9 Å². The summed E-state index contributed by atoms with van der Waals surface area (Å²) in [5.74, 6) is 1.21. The van der Waals surface area contributed by atoms with Crippen LogP contribution < -0.4 is 5.32 Å². The monoisotopic (exact) mass is 300 g/mol. The predicted molar refractivity (Wildman–Crippen MR) is 87.6 cm³/mol. The van der Waals surface area contributed by atoms with Gasteiger partial charge in [-0.15, -0.1) is 0 Å². The molecule has 0 aliphatic heterocycles. The molecule has 1 N–H and O–H groups in total. The molecular weight excluding hydrogens is 280 g/mol. The molecule has 0 bridgehead atoms. The van der Waals surface area contributed by atoms with Crippen LogP contribution >= 0.6 is 11.6 Å². The largest absolute Gasteiger partial charge is 0.308 e. The highest BCUT2D eigenvalue weighted by atomic mass is 35.5. The van der Waals surface area contributed by atoms with Gasteiger partial charge in [0.05, 0.1) is 16.8 Å². The van der Waals surface area contributed by atoms with E-state index in [2.05, 4.69) is 47.6 Å². The van der Waals surface area contributed by atoms with Gasteiger partial charge in [-0.3, -0.25) is 4.98 Å². The van der Waals surface area contributed by atoms with Crippen molar-refractivity contribution < 1.29 is 0 Å². The number of nitrogens with zero attached hydrogens (tertiary/aromatic N) is 1.